The standard InChI is InChI=1S/C14H26N2O5S/c1-22(19,20)16(11-14(17)18)10-13-9-15(6-7-21-13)8-12-4-2-3-5-12/h12-13H,2-11H2,1H3,(H,17,18). The summed E-state index contributed by atoms with van der Waals surface area (Å²) in [4.78, 5) is 13.2. The zero-order chi connectivity index (χ0) is 16.2. The number of hydrogen-bond donors (Lipinski definition) is 1. The molecule has 8 heteroatoms. The molecule has 0 aromatic heterocycles. The monoisotopic (exact) mass is 334 g/mol. The van der Waals surface area contributed by atoms with Crippen LogP contribution in [0.1, 0.15) is 25.7 Å². The number of rotatable bonds is 7. The Balaban J connectivity index is 1.88. The number of nitrogens with zero attached hydrogens (tertiary/aromatic N) is 2. The van der Waals surface area contributed by atoms with Crippen molar-refractivity contribution in [3.8, 4) is 0 Å². The first-order valence-corrected chi connectivity index (χ1v) is 9.70. The fourth-order valence-electron chi connectivity index (χ4n) is 3.31. The lowest BCUT2D eigenvalue weighted by Crippen LogP contribution is -2.50. The fraction of sp³-hybridized carbons (Fsp3) is 0.929. The van der Waals surface area contributed by atoms with Gasteiger partial charge in [-0.2, -0.15) is 4.31 Å². The zero-order valence-corrected chi connectivity index (χ0v) is 13.9. The van der Waals surface area contributed by atoms with Crippen LogP contribution in [0, 0.1) is 5.92 Å². The molecule has 1 saturated heterocycles. The van der Waals surface area contributed by atoms with Crippen LogP contribution < -0.4 is 0 Å². The van der Waals surface area contributed by atoms with Gasteiger partial charge in [-0.1, -0.05) is 12.8 Å². The smallest absolute Gasteiger partial charge is 0.318 e. The summed E-state index contributed by atoms with van der Waals surface area (Å²) in [5.41, 5.74) is 0. The topological polar surface area (TPSA) is 87.2 Å². The summed E-state index contributed by atoms with van der Waals surface area (Å²) in [6, 6.07) is 0. The number of aliphatic carboxylic acids is 1. The number of carboxylic acid groups (broad SMARTS) is 1. The molecule has 128 valence electrons. The van der Waals surface area contributed by atoms with Crippen LogP contribution in [0.2, 0.25) is 0 Å². The van der Waals surface area contributed by atoms with Gasteiger partial charge in [-0.25, -0.2) is 8.42 Å². The maximum atomic E-state index is 11.7. The van der Waals surface area contributed by atoms with E-state index in [2.05, 4.69) is 4.90 Å². The molecule has 0 aromatic rings. The van der Waals surface area contributed by atoms with Crippen molar-refractivity contribution in [1.29, 1.82) is 0 Å². The maximum Gasteiger partial charge on any atom is 0.318 e. The third kappa shape index (κ3) is 5.49. The lowest BCUT2D eigenvalue weighted by Gasteiger charge is -2.36. The van der Waals surface area contributed by atoms with Crippen LogP contribution in [-0.4, -0.2) is 80.4 Å². The molecule has 0 aromatic carbocycles. The number of morpholine rings is 1. The van der Waals surface area contributed by atoms with Gasteiger partial charge in [0.25, 0.3) is 0 Å². The normalized spacial score (nSPS) is 24.9. The van der Waals surface area contributed by atoms with Crippen molar-refractivity contribution in [2.24, 2.45) is 5.92 Å². The minimum atomic E-state index is -3.55. The summed E-state index contributed by atoms with van der Waals surface area (Å²) in [6.45, 7) is 2.74. The number of hydrogen-bond acceptors (Lipinski definition) is 5. The molecule has 1 unspecified atom stereocenters. The van der Waals surface area contributed by atoms with Crippen LogP contribution in [0.4, 0.5) is 0 Å². The van der Waals surface area contributed by atoms with Gasteiger partial charge in [0.1, 0.15) is 6.54 Å². The van der Waals surface area contributed by atoms with E-state index in [-0.39, 0.29) is 12.6 Å². The molecule has 2 fully saturated rings. The number of carbonyl (C=O) groups is 1. The Morgan fingerprint density at radius 3 is 2.64 bits per heavy atom. The molecule has 1 N–H and O–H groups in total. The van der Waals surface area contributed by atoms with Gasteiger partial charge < -0.3 is 9.84 Å². The van der Waals surface area contributed by atoms with Gasteiger partial charge in [-0.05, 0) is 18.8 Å². The van der Waals surface area contributed by atoms with Crippen LogP contribution in [0.25, 0.3) is 0 Å². The van der Waals surface area contributed by atoms with Gasteiger partial charge in [-0.3, -0.25) is 9.69 Å². The Kier molecular flexibility index (Phi) is 6.19. The van der Waals surface area contributed by atoms with E-state index in [4.69, 9.17) is 9.84 Å². The van der Waals surface area contributed by atoms with Crippen molar-refractivity contribution in [2.45, 2.75) is 31.8 Å². The van der Waals surface area contributed by atoms with E-state index >= 15 is 0 Å². The van der Waals surface area contributed by atoms with E-state index in [9.17, 15) is 13.2 Å². The van der Waals surface area contributed by atoms with Gasteiger partial charge in [0.2, 0.25) is 10.0 Å². The summed E-state index contributed by atoms with van der Waals surface area (Å²) in [5, 5.41) is 8.86. The van der Waals surface area contributed by atoms with Crippen LogP contribution in [0.15, 0.2) is 0 Å². The second-order valence-electron chi connectivity index (χ2n) is 6.35. The SMILES string of the molecule is CS(=O)(=O)N(CC(=O)O)CC1CN(CC2CCCC2)CCO1. The molecular formula is C14H26N2O5S. The fourth-order valence-corrected chi connectivity index (χ4v) is 4.09. The molecule has 1 saturated carbocycles. The zero-order valence-electron chi connectivity index (χ0n) is 13.1. The van der Waals surface area contributed by atoms with Crippen LogP contribution in [-0.2, 0) is 19.6 Å². The molecule has 7 nitrogen and oxygen atoms in total. The number of carboxylic acids is 1. The molecule has 2 aliphatic rings. The van der Waals surface area contributed by atoms with Gasteiger partial charge in [0, 0.05) is 26.2 Å². The highest BCUT2D eigenvalue weighted by atomic mass is 32.2. The lowest BCUT2D eigenvalue weighted by molar-refractivity contribution is -0.137. The van der Waals surface area contributed by atoms with Crippen LogP contribution in [0.3, 0.4) is 0 Å². The highest BCUT2D eigenvalue weighted by Crippen LogP contribution is 2.26. The lowest BCUT2D eigenvalue weighted by atomic mass is 10.1. The molecule has 22 heavy (non-hydrogen) atoms. The maximum absolute atomic E-state index is 11.7. The molecule has 0 amide bonds. The van der Waals surface area contributed by atoms with Crippen molar-refractivity contribution >= 4 is 16.0 Å². The minimum absolute atomic E-state index is 0.103. The van der Waals surface area contributed by atoms with Crippen molar-refractivity contribution < 1.29 is 23.1 Å². The third-order valence-electron chi connectivity index (χ3n) is 4.40. The Morgan fingerprint density at radius 2 is 2.05 bits per heavy atom. The van der Waals surface area contributed by atoms with Crippen LogP contribution in [0.5, 0.6) is 0 Å². The Hall–Kier alpha value is -0.700. The van der Waals surface area contributed by atoms with Gasteiger partial charge in [0.15, 0.2) is 0 Å². The molecule has 1 aliphatic carbocycles. The second kappa shape index (κ2) is 7.72. The number of sulfonamides is 1. The molecule has 2 rings (SSSR count). The molecule has 0 bridgehead atoms. The van der Waals surface area contributed by atoms with Crippen molar-refractivity contribution in [1.82, 2.24) is 9.21 Å². The number of ether oxygens (including phenoxy) is 1. The van der Waals surface area contributed by atoms with E-state index in [1.54, 1.807) is 0 Å². The van der Waals surface area contributed by atoms with E-state index < -0.39 is 22.5 Å². The Morgan fingerprint density at radius 1 is 1.36 bits per heavy atom. The van der Waals surface area contributed by atoms with Gasteiger partial charge >= 0.3 is 5.97 Å². The largest absolute Gasteiger partial charge is 0.480 e. The predicted molar refractivity (Wildman–Crippen MR) is 82.2 cm³/mol. The summed E-state index contributed by atoms with van der Waals surface area (Å²) < 4.78 is 30.0. The van der Waals surface area contributed by atoms with Crippen LogP contribution >= 0.6 is 0 Å². The summed E-state index contributed by atoms with van der Waals surface area (Å²) >= 11 is 0. The third-order valence-corrected chi connectivity index (χ3v) is 5.62. The highest BCUT2D eigenvalue weighted by molar-refractivity contribution is 7.88. The van der Waals surface area contributed by atoms with E-state index in [1.807, 2.05) is 0 Å². The summed E-state index contributed by atoms with van der Waals surface area (Å²) in [7, 11) is -3.55. The average Bonchev–Trinajstić information content (AvgIpc) is 2.90. The second-order valence-corrected chi connectivity index (χ2v) is 8.33. The first kappa shape index (κ1) is 17.7. The van der Waals surface area contributed by atoms with E-state index in [1.165, 1.54) is 25.7 Å². The predicted octanol–water partition coefficient (Wildman–Crippen LogP) is 0.224. The first-order chi connectivity index (χ1) is 10.3. The average molecular weight is 334 g/mol. The van der Waals surface area contributed by atoms with Crippen molar-refractivity contribution in [3.05, 3.63) is 0 Å². The highest BCUT2D eigenvalue weighted by Gasteiger charge is 2.29. The minimum Gasteiger partial charge on any atom is -0.480 e. The first-order valence-electron chi connectivity index (χ1n) is 7.85. The van der Waals surface area contributed by atoms with Gasteiger partial charge in [0.05, 0.1) is 19.0 Å². The van der Waals surface area contributed by atoms with E-state index in [0.717, 1.165) is 29.6 Å². The molecule has 1 atom stereocenters. The Labute approximate surface area is 132 Å². The Bertz CT molecular complexity index is 476. The van der Waals surface area contributed by atoms with Crippen molar-refractivity contribution in [2.75, 3.05) is 45.6 Å². The van der Waals surface area contributed by atoms with Gasteiger partial charge in [-0.15, -0.1) is 0 Å². The molecule has 0 spiro atoms. The van der Waals surface area contributed by atoms with Crippen molar-refractivity contribution in [3.63, 3.8) is 0 Å². The summed E-state index contributed by atoms with van der Waals surface area (Å²) in [5.74, 6) is -0.409. The molecular weight excluding hydrogens is 308 g/mol. The van der Waals surface area contributed by atoms with E-state index in [0.29, 0.717) is 13.2 Å². The molecule has 1 aliphatic heterocycles. The quantitative estimate of drug-likeness (QED) is 0.717. The summed E-state index contributed by atoms with van der Waals surface area (Å²) in [6.07, 6.45) is 5.93. The molecule has 1 heterocycles. The molecule has 0 radical (unpaired) electrons.